The summed E-state index contributed by atoms with van der Waals surface area (Å²) in [7, 11) is 0. The average Bonchev–Trinajstić information content (AvgIpc) is 3.18. The van der Waals surface area contributed by atoms with Crippen LogP contribution in [0.3, 0.4) is 0 Å². The van der Waals surface area contributed by atoms with Crippen molar-refractivity contribution < 1.29 is 22.0 Å². The molecule has 31 heavy (non-hydrogen) atoms. The second-order valence-corrected chi connectivity index (χ2v) is 6.86. The Balaban J connectivity index is 1.94. The Morgan fingerprint density at radius 2 is 1.87 bits per heavy atom. The molecule has 0 bridgehead atoms. The van der Waals surface area contributed by atoms with Crippen LogP contribution in [-0.4, -0.2) is 15.0 Å². The molecule has 0 aliphatic rings. The summed E-state index contributed by atoms with van der Waals surface area (Å²) in [6.45, 7) is 0. The zero-order chi connectivity index (χ0) is 22.5. The monoisotopic (exact) mass is 450 g/mol. The standard InChI is InChI=1S/C20H8ClF5N4O/c21-10-2-1-8(6-27)3-9(10)12-5-15(31)17-13(29-12)4-11(22)16(18(17)23)14-7-28-19(30-14)20(24,25)26/h1-5,7H,(H,28,30)(H,29,31). The molecule has 0 unspecified atom stereocenters. The normalized spacial score (nSPS) is 11.6. The predicted octanol–water partition coefficient (Wildman–Crippen LogP) is 5.41. The summed E-state index contributed by atoms with van der Waals surface area (Å²) in [5, 5.41) is 8.66. The number of hydrogen-bond donors (Lipinski definition) is 2. The molecule has 0 saturated heterocycles. The van der Waals surface area contributed by atoms with Crippen LogP contribution in [0, 0.1) is 23.0 Å². The number of aromatic amines is 2. The number of nitrogens with zero attached hydrogens (tertiary/aromatic N) is 2. The van der Waals surface area contributed by atoms with E-state index in [0.717, 1.165) is 12.1 Å². The Labute approximate surface area is 174 Å². The van der Waals surface area contributed by atoms with Crippen LogP contribution in [0.5, 0.6) is 0 Å². The van der Waals surface area contributed by atoms with Gasteiger partial charge in [-0.1, -0.05) is 11.6 Å². The SMILES string of the molecule is N#Cc1ccc(Cl)c(-c2cc(=O)c3c(F)c(-c4c[nH]c(C(F)(F)F)n4)c(F)cc3[nH]2)c1. The third kappa shape index (κ3) is 3.53. The Hall–Kier alpha value is -3.71. The number of nitriles is 1. The van der Waals surface area contributed by atoms with Gasteiger partial charge in [0.15, 0.2) is 5.43 Å². The van der Waals surface area contributed by atoms with Crippen LogP contribution in [0.1, 0.15) is 11.4 Å². The fourth-order valence-electron chi connectivity index (χ4n) is 3.12. The van der Waals surface area contributed by atoms with Crippen LogP contribution in [0.25, 0.3) is 33.4 Å². The van der Waals surface area contributed by atoms with Crippen LogP contribution in [-0.2, 0) is 6.18 Å². The average molecular weight is 451 g/mol. The number of halogens is 6. The van der Waals surface area contributed by atoms with Gasteiger partial charge in [-0.25, -0.2) is 13.8 Å². The van der Waals surface area contributed by atoms with E-state index in [-0.39, 0.29) is 27.4 Å². The molecule has 156 valence electrons. The summed E-state index contributed by atoms with van der Waals surface area (Å²) in [5.74, 6) is -4.02. The van der Waals surface area contributed by atoms with E-state index in [9.17, 15) is 22.4 Å². The highest BCUT2D eigenvalue weighted by molar-refractivity contribution is 6.33. The first-order chi connectivity index (χ1) is 14.6. The summed E-state index contributed by atoms with van der Waals surface area (Å²) in [5.41, 5.74) is -2.03. The van der Waals surface area contributed by atoms with E-state index >= 15 is 4.39 Å². The molecule has 0 saturated carbocycles. The molecule has 0 fully saturated rings. The van der Waals surface area contributed by atoms with Crippen molar-refractivity contribution in [2.24, 2.45) is 0 Å². The lowest BCUT2D eigenvalue weighted by atomic mass is 10.0. The topological polar surface area (TPSA) is 85.3 Å². The van der Waals surface area contributed by atoms with Gasteiger partial charge in [-0.3, -0.25) is 4.79 Å². The molecule has 0 spiro atoms. The molecule has 0 atom stereocenters. The molecule has 0 amide bonds. The third-order valence-corrected chi connectivity index (χ3v) is 4.83. The molecule has 0 aliphatic carbocycles. The number of pyridine rings is 1. The predicted molar refractivity (Wildman–Crippen MR) is 102 cm³/mol. The number of nitrogens with one attached hydrogen (secondary N) is 2. The number of hydrogen-bond acceptors (Lipinski definition) is 3. The van der Waals surface area contributed by atoms with E-state index in [1.165, 1.54) is 18.2 Å². The number of fused-ring (bicyclic) bond motifs is 1. The Kier molecular flexibility index (Phi) is 4.78. The molecule has 5 nitrogen and oxygen atoms in total. The molecule has 2 aromatic heterocycles. The second-order valence-electron chi connectivity index (χ2n) is 6.46. The lowest BCUT2D eigenvalue weighted by Gasteiger charge is -2.10. The van der Waals surface area contributed by atoms with Crippen LogP contribution in [0.4, 0.5) is 22.0 Å². The minimum atomic E-state index is -4.84. The van der Waals surface area contributed by atoms with Gasteiger partial charge in [-0.15, -0.1) is 0 Å². The summed E-state index contributed by atoms with van der Waals surface area (Å²) in [6, 6.07) is 7.97. The van der Waals surface area contributed by atoms with Crippen molar-refractivity contribution in [2.75, 3.05) is 0 Å². The first-order valence-electron chi connectivity index (χ1n) is 8.48. The largest absolute Gasteiger partial charge is 0.449 e. The number of aromatic nitrogens is 3. The van der Waals surface area contributed by atoms with Gasteiger partial charge in [0.25, 0.3) is 0 Å². The fourth-order valence-corrected chi connectivity index (χ4v) is 3.34. The van der Waals surface area contributed by atoms with E-state index in [2.05, 4.69) is 9.97 Å². The Bertz CT molecular complexity index is 1450. The van der Waals surface area contributed by atoms with E-state index in [0.29, 0.717) is 6.20 Å². The molecule has 0 aliphatic heterocycles. The highest BCUT2D eigenvalue weighted by atomic mass is 35.5. The van der Waals surface area contributed by atoms with Crippen LogP contribution >= 0.6 is 11.6 Å². The van der Waals surface area contributed by atoms with Gasteiger partial charge < -0.3 is 9.97 Å². The molecule has 4 rings (SSSR count). The van der Waals surface area contributed by atoms with E-state index in [4.69, 9.17) is 16.9 Å². The third-order valence-electron chi connectivity index (χ3n) is 4.50. The van der Waals surface area contributed by atoms with Crippen molar-refractivity contribution in [3.05, 3.63) is 74.8 Å². The van der Waals surface area contributed by atoms with Gasteiger partial charge in [0.05, 0.1) is 39.5 Å². The van der Waals surface area contributed by atoms with Crippen molar-refractivity contribution in [3.63, 3.8) is 0 Å². The molecule has 11 heteroatoms. The maximum Gasteiger partial charge on any atom is 0.449 e. The van der Waals surface area contributed by atoms with Crippen LogP contribution in [0.2, 0.25) is 5.02 Å². The summed E-state index contributed by atoms with van der Waals surface area (Å²) < 4.78 is 68.0. The molecule has 0 radical (unpaired) electrons. The van der Waals surface area contributed by atoms with Gasteiger partial charge in [-0.05, 0) is 24.3 Å². The van der Waals surface area contributed by atoms with Gasteiger partial charge in [0.1, 0.15) is 11.6 Å². The highest BCUT2D eigenvalue weighted by Crippen LogP contribution is 2.34. The van der Waals surface area contributed by atoms with Gasteiger partial charge in [-0.2, -0.15) is 18.4 Å². The quantitative estimate of drug-likeness (QED) is 0.401. The number of rotatable bonds is 2. The molecule has 2 aromatic carbocycles. The van der Waals surface area contributed by atoms with Crippen molar-refractivity contribution in [1.82, 2.24) is 15.0 Å². The molecular formula is C20H8ClF5N4O. The van der Waals surface area contributed by atoms with Crippen molar-refractivity contribution >= 4 is 22.5 Å². The van der Waals surface area contributed by atoms with Crippen molar-refractivity contribution in [3.8, 4) is 28.6 Å². The molecule has 2 N–H and O–H groups in total. The number of imidazole rings is 1. The number of H-pyrrole nitrogens is 2. The van der Waals surface area contributed by atoms with Gasteiger partial charge in [0.2, 0.25) is 5.82 Å². The maximum absolute atomic E-state index is 15.1. The minimum Gasteiger partial charge on any atom is -0.354 e. The molecule has 4 aromatic rings. The lowest BCUT2D eigenvalue weighted by molar-refractivity contribution is -0.144. The summed E-state index contributed by atoms with van der Waals surface area (Å²) in [6.07, 6.45) is -4.14. The smallest absolute Gasteiger partial charge is 0.354 e. The Morgan fingerprint density at radius 3 is 2.52 bits per heavy atom. The number of benzene rings is 2. The first kappa shape index (κ1) is 20.6. The van der Waals surface area contributed by atoms with E-state index in [1.807, 2.05) is 11.1 Å². The lowest BCUT2D eigenvalue weighted by Crippen LogP contribution is -2.09. The summed E-state index contributed by atoms with van der Waals surface area (Å²) >= 11 is 6.11. The van der Waals surface area contributed by atoms with Crippen LogP contribution in [0.15, 0.2) is 41.3 Å². The van der Waals surface area contributed by atoms with Crippen LogP contribution < -0.4 is 5.43 Å². The second kappa shape index (κ2) is 7.21. The number of alkyl halides is 3. The van der Waals surface area contributed by atoms with Gasteiger partial charge in [0, 0.05) is 22.8 Å². The van der Waals surface area contributed by atoms with E-state index < -0.39 is 45.7 Å². The zero-order valence-electron chi connectivity index (χ0n) is 15.0. The highest BCUT2D eigenvalue weighted by Gasteiger charge is 2.35. The molecule has 2 heterocycles. The Morgan fingerprint density at radius 1 is 1.13 bits per heavy atom. The zero-order valence-corrected chi connectivity index (χ0v) is 15.8. The van der Waals surface area contributed by atoms with Crippen molar-refractivity contribution in [2.45, 2.75) is 6.18 Å². The van der Waals surface area contributed by atoms with Crippen molar-refractivity contribution in [1.29, 1.82) is 5.26 Å². The maximum atomic E-state index is 15.1. The van der Waals surface area contributed by atoms with E-state index in [1.54, 1.807) is 0 Å². The first-order valence-corrected chi connectivity index (χ1v) is 8.86. The summed E-state index contributed by atoms with van der Waals surface area (Å²) in [4.78, 5) is 20.3. The fraction of sp³-hybridized carbons (Fsp3) is 0.0500. The van der Waals surface area contributed by atoms with Gasteiger partial charge >= 0.3 is 6.18 Å². The minimum absolute atomic E-state index is 0.102. The molecular weight excluding hydrogens is 443 g/mol.